The maximum absolute atomic E-state index is 12.9. The van der Waals surface area contributed by atoms with Crippen LogP contribution in [0.3, 0.4) is 0 Å². The molecule has 4 heteroatoms. The largest absolute Gasteiger partial charge is 0.397 e. The lowest BCUT2D eigenvalue weighted by Gasteiger charge is -2.08. The first-order valence-corrected chi connectivity index (χ1v) is 6.45. The van der Waals surface area contributed by atoms with E-state index in [0.29, 0.717) is 18.5 Å². The fourth-order valence-electron chi connectivity index (χ4n) is 1.87. The van der Waals surface area contributed by atoms with Crippen molar-refractivity contribution >= 4 is 17.3 Å². The number of amides is 1. The van der Waals surface area contributed by atoms with Gasteiger partial charge in [0.25, 0.3) is 0 Å². The third-order valence-corrected chi connectivity index (χ3v) is 3.05. The molecule has 0 aromatic heterocycles. The van der Waals surface area contributed by atoms with Gasteiger partial charge in [-0.05, 0) is 37.1 Å². The van der Waals surface area contributed by atoms with Crippen LogP contribution in [0.4, 0.5) is 15.8 Å². The van der Waals surface area contributed by atoms with E-state index < -0.39 is 5.82 Å². The molecule has 0 fully saturated rings. The average Bonchev–Trinajstić information content (AvgIpc) is 2.41. The lowest BCUT2D eigenvalue weighted by Crippen LogP contribution is -2.13. The van der Waals surface area contributed by atoms with Crippen molar-refractivity contribution in [2.45, 2.75) is 19.8 Å². The van der Waals surface area contributed by atoms with Crippen LogP contribution in [0.25, 0.3) is 0 Å². The predicted molar refractivity (Wildman–Crippen MR) is 78.9 cm³/mol. The Hall–Kier alpha value is -2.36. The zero-order chi connectivity index (χ0) is 14.5. The summed E-state index contributed by atoms with van der Waals surface area (Å²) in [5, 5.41) is 2.69. The SMILES string of the molecule is Cc1ccc(CCC(=O)Nc2ccc(F)cc2N)cc1. The minimum atomic E-state index is -0.417. The van der Waals surface area contributed by atoms with Gasteiger partial charge >= 0.3 is 0 Å². The van der Waals surface area contributed by atoms with Crippen LogP contribution in [0.1, 0.15) is 17.5 Å². The highest BCUT2D eigenvalue weighted by molar-refractivity contribution is 5.93. The maximum atomic E-state index is 12.9. The molecule has 0 aliphatic rings. The minimum absolute atomic E-state index is 0.135. The number of hydrogen-bond donors (Lipinski definition) is 2. The van der Waals surface area contributed by atoms with Gasteiger partial charge in [0.15, 0.2) is 0 Å². The van der Waals surface area contributed by atoms with Gasteiger partial charge in [-0.25, -0.2) is 4.39 Å². The first-order chi connectivity index (χ1) is 9.54. The number of nitrogen functional groups attached to an aromatic ring is 1. The molecule has 20 heavy (non-hydrogen) atoms. The van der Waals surface area contributed by atoms with E-state index in [1.165, 1.54) is 23.8 Å². The molecule has 0 saturated carbocycles. The zero-order valence-corrected chi connectivity index (χ0v) is 11.3. The van der Waals surface area contributed by atoms with Gasteiger partial charge in [0.1, 0.15) is 5.82 Å². The molecule has 0 saturated heterocycles. The summed E-state index contributed by atoms with van der Waals surface area (Å²) >= 11 is 0. The highest BCUT2D eigenvalue weighted by Crippen LogP contribution is 2.19. The van der Waals surface area contributed by atoms with Gasteiger partial charge in [-0.3, -0.25) is 4.79 Å². The van der Waals surface area contributed by atoms with Crippen LogP contribution in [-0.4, -0.2) is 5.91 Å². The fourth-order valence-corrected chi connectivity index (χ4v) is 1.87. The van der Waals surface area contributed by atoms with Crippen molar-refractivity contribution < 1.29 is 9.18 Å². The van der Waals surface area contributed by atoms with E-state index in [1.54, 1.807) is 0 Å². The molecule has 3 nitrogen and oxygen atoms in total. The number of rotatable bonds is 4. The Morgan fingerprint density at radius 1 is 1.20 bits per heavy atom. The summed E-state index contributed by atoms with van der Waals surface area (Å²) in [5.74, 6) is -0.552. The Morgan fingerprint density at radius 3 is 2.55 bits per heavy atom. The van der Waals surface area contributed by atoms with Crippen molar-refractivity contribution in [2.24, 2.45) is 0 Å². The molecule has 0 heterocycles. The number of anilines is 2. The molecule has 0 bridgehead atoms. The number of carbonyl (C=O) groups excluding carboxylic acids is 1. The van der Waals surface area contributed by atoms with E-state index in [0.717, 1.165) is 5.56 Å². The van der Waals surface area contributed by atoms with Gasteiger partial charge in [-0.2, -0.15) is 0 Å². The minimum Gasteiger partial charge on any atom is -0.397 e. The van der Waals surface area contributed by atoms with Crippen molar-refractivity contribution in [3.63, 3.8) is 0 Å². The van der Waals surface area contributed by atoms with Crippen molar-refractivity contribution in [2.75, 3.05) is 11.1 Å². The van der Waals surface area contributed by atoms with Crippen LogP contribution in [0.5, 0.6) is 0 Å². The third-order valence-electron chi connectivity index (χ3n) is 3.05. The predicted octanol–water partition coefficient (Wildman–Crippen LogP) is 3.29. The Balaban J connectivity index is 1.90. The quantitative estimate of drug-likeness (QED) is 0.839. The Labute approximate surface area is 117 Å². The third kappa shape index (κ3) is 3.82. The standard InChI is InChI=1S/C16H17FN2O/c1-11-2-4-12(5-3-11)6-9-16(20)19-15-8-7-13(17)10-14(15)18/h2-5,7-8,10H,6,9,18H2,1H3,(H,19,20). The average molecular weight is 272 g/mol. The summed E-state index contributed by atoms with van der Waals surface area (Å²) < 4.78 is 12.9. The van der Waals surface area contributed by atoms with Crippen LogP contribution in [0.2, 0.25) is 0 Å². The number of nitrogens with one attached hydrogen (secondary N) is 1. The number of carbonyl (C=O) groups is 1. The van der Waals surface area contributed by atoms with Gasteiger partial charge in [0.05, 0.1) is 11.4 Å². The lowest BCUT2D eigenvalue weighted by molar-refractivity contribution is -0.116. The van der Waals surface area contributed by atoms with Crippen molar-refractivity contribution in [3.8, 4) is 0 Å². The van der Waals surface area contributed by atoms with Crippen LogP contribution in [-0.2, 0) is 11.2 Å². The van der Waals surface area contributed by atoms with E-state index in [9.17, 15) is 9.18 Å². The molecule has 104 valence electrons. The molecular weight excluding hydrogens is 255 g/mol. The van der Waals surface area contributed by atoms with Gasteiger partial charge < -0.3 is 11.1 Å². The lowest BCUT2D eigenvalue weighted by atomic mass is 10.1. The molecule has 0 unspecified atom stereocenters. The molecule has 1 amide bonds. The van der Waals surface area contributed by atoms with Gasteiger partial charge in [0, 0.05) is 6.42 Å². The molecular formula is C16H17FN2O. The molecule has 2 rings (SSSR count). The topological polar surface area (TPSA) is 55.1 Å². The summed E-state index contributed by atoms with van der Waals surface area (Å²) in [7, 11) is 0. The van der Waals surface area contributed by atoms with Gasteiger partial charge in [-0.1, -0.05) is 29.8 Å². The Morgan fingerprint density at radius 2 is 1.90 bits per heavy atom. The van der Waals surface area contributed by atoms with E-state index in [4.69, 9.17) is 5.73 Å². The van der Waals surface area contributed by atoms with Crippen molar-refractivity contribution in [3.05, 3.63) is 59.4 Å². The van der Waals surface area contributed by atoms with E-state index in [-0.39, 0.29) is 11.6 Å². The number of nitrogens with two attached hydrogens (primary N) is 1. The Bertz CT molecular complexity index is 608. The van der Waals surface area contributed by atoms with Gasteiger partial charge in [-0.15, -0.1) is 0 Å². The number of aryl methyl sites for hydroxylation is 2. The van der Waals surface area contributed by atoms with Crippen LogP contribution in [0.15, 0.2) is 42.5 Å². The summed E-state index contributed by atoms with van der Waals surface area (Å²) in [4.78, 5) is 11.8. The molecule has 0 aliphatic carbocycles. The van der Waals surface area contributed by atoms with Crippen LogP contribution < -0.4 is 11.1 Å². The van der Waals surface area contributed by atoms with Crippen molar-refractivity contribution in [1.29, 1.82) is 0 Å². The second-order valence-corrected chi connectivity index (χ2v) is 4.77. The monoisotopic (exact) mass is 272 g/mol. The molecule has 2 aromatic carbocycles. The summed E-state index contributed by atoms with van der Waals surface area (Å²) in [6.07, 6.45) is 1.02. The van der Waals surface area contributed by atoms with Crippen LogP contribution >= 0.6 is 0 Å². The van der Waals surface area contributed by atoms with Gasteiger partial charge in [0.2, 0.25) is 5.91 Å². The smallest absolute Gasteiger partial charge is 0.224 e. The summed E-state index contributed by atoms with van der Waals surface area (Å²) in [5.41, 5.74) is 8.61. The molecule has 0 spiro atoms. The molecule has 3 N–H and O–H groups in total. The normalized spacial score (nSPS) is 10.3. The fraction of sp³-hybridized carbons (Fsp3) is 0.188. The Kier molecular flexibility index (Phi) is 4.35. The summed E-state index contributed by atoms with van der Waals surface area (Å²) in [6, 6.07) is 12.0. The number of benzene rings is 2. The summed E-state index contributed by atoms with van der Waals surface area (Å²) in [6.45, 7) is 2.02. The van der Waals surface area contributed by atoms with Crippen molar-refractivity contribution in [1.82, 2.24) is 0 Å². The van der Waals surface area contributed by atoms with E-state index in [2.05, 4.69) is 5.32 Å². The highest BCUT2D eigenvalue weighted by atomic mass is 19.1. The van der Waals surface area contributed by atoms with E-state index in [1.807, 2.05) is 31.2 Å². The second kappa shape index (κ2) is 6.19. The van der Waals surface area contributed by atoms with E-state index >= 15 is 0 Å². The maximum Gasteiger partial charge on any atom is 0.224 e. The molecule has 0 radical (unpaired) electrons. The number of hydrogen-bond acceptors (Lipinski definition) is 2. The highest BCUT2D eigenvalue weighted by Gasteiger charge is 2.06. The molecule has 0 aliphatic heterocycles. The first kappa shape index (κ1) is 14.1. The van der Waals surface area contributed by atoms with Crippen LogP contribution in [0, 0.1) is 12.7 Å². The zero-order valence-electron chi connectivity index (χ0n) is 11.3. The number of halogens is 1. The first-order valence-electron chi connectivity index (χ1n) is 6.45. The molecule has 0 atom stereocenters. The second-order valence-electron chi connectivity index (χ2n) is 4.77. The molecule has 2 aromatic rings.